The molecule has 9 nitrogen and oxygen atoms in total. The summed E-state index contributed by atoms with van der Waals surface area (Å²) >= 11 is 0. The van der Waals surface area contributed by atoms with Crippen molar-refractivity contribution in [3.63, 3.8) is 0 Å². The summed E-state index contributed by atoms with van der Waals surface area (Å²) in [4.78, 5) is 36.0. The monoisotopic (exact) mass is 407 g/mol. The van der Waals surface area contributed by atoms with E-state index in [0.717, 1.165) is 0 Å². The average molecular weight is 407 g/mol. The van der Waals surface area contributed by atoms with E-state index in [4.69, 9.17) is 9.47 Å². The van der Waals surface area contributed by atoms with Crippen LogP contribution in [0.2, 0.25) is 0 Å². The number of anilines is 2. The molecule has 0 unspecified atom stereocenters. The number of rotatable bonds is 9. The summed E-state index contributed by atoms with van der Waals surface area (Å²) in [5.41, 5.74) is 0.799. The Labute approximate surface area is 173 Å². The second kappa shape index (κ2) is 10.5. The fourth-order valence-electron chi connectivity index (χ4n) is 2.38. The number of para-hydroxylation sites is 1. The van der Waals surface area contributed by atoms with Gasteiger partial charge in [0.2, 0.25) is 0 Å². The number of nitrogens with one attached hydrogen (secondary N) is 2. The molecule has 2 N–H and O–H groups in total. The van der Waals surface area contributed by atoms with Gasteiger partial charge in [-0.2, -0.15) is 0 Å². The number of nitrogens with zero attached hydrogens (tertiary/aromatic N) is 3. The van der Waals surface area contributed by atoms with E-state index >= 15 is 0 Å². The molecule has 3 aromatic rings. The fourth-order valence-corrected chi connectivity index (χ4v) is 2.38. The van der Waals surface area contributed by atoms with Crippen LogP contribution >= 0.6 is 0 Å². The van der Waals surface area contributed by atoms with E-state index in [9.17, 15) is 9.59 Å². The Morgan fingerprint density at radius 3 is 2.40 bits per heavy atom. The predicted molar refractivity (Wildman–Crippen MR) is 110 cm³/mol. The van der Waals surface area contributed by atoms with Crippen molar-refractivity contribution in [3.8, 4) is 11.8 Å². The molecule has 0 atom stereocenters. The number of carbonyl (C=O) groups is 2. The van der Waals surface area contributed by atoms with Gasteiger partial charge in [0, 0.05) is 18.9 Å². The maximum Gasteiger partial charge on any atom is 0.321 e. The van der Waals surface area contributed by atoms with Crippen LogP contribution in [0.15, 0.2) is 61.1 Å². The molecule has 1 amide bonds. The van der Waals surface area contributed by atoms with Gasteiger partial charge in [-0.1, -0.05) is 18.2 Å². The number of ether oxygens (including phenoxy) is 2. The number of benzene rings is 1. The van der Waals surface area contributed by atoms with E-state index in [1.165, 1.54) is 18.6 Å². The van der Waals surface area contributed by atoms with E-state index in [2.05, 4.69) is 25.6 Å². The molecule has 0 spiro atoms. The summed E-state index contributed by atoms with van der Waals surface area (Å²) in [5, 5.41) is 5.74. The van der Waals surface area contributed by atoms with Gasteiger partial charge in [0.15, 0.2) is 0 Å². The Balaban J connectivity index is 1.50. The smallest absolute Gasteiger partial charge is 0.321 e. The zero-order chi connectivity index (χ0) is 21.2. The van der Waals surface area contributed by atoms with Gasteiger partial charge in [0.05, 0.1) is 30.5 Å². The molecule has 30 heavy (non-hydrogen) atoms. The number of esters is 1. The van der Waals surface area contributed by atoms with Crippen molar-refractivity contribution in [2.75, 3.05) is 23.8 Å². The number of hydrogen-bond acceptors (Lipinski definition) is 8. The van der Waals surface area contributed by atoms with Crippen LogP contribution in [0.5, 0.6) is 11.8 Å². The van der Waals surface area contributed by atoms with Crippen LogP contribution in [-0.2, 0) is 9.53 Å². The van der Waals surface area contributed by atoms with E-state index in [1.807, 2.05) is 18.2 Å². The van der Waals surface area contributed by atoms with Gasteiger partial charge >= 0.3 is 12.0 Å². The van der Waals surface area contributed by atoms with Crippen LogP contribution in [0.25, 0.3) is 0 Å². The highest BCUT2D eigenvalue weighted by Crippen LogP contribution is 2.17. The lowest BCUT2D eigenvalue weighted by Crippen LogP contribution is -2.14. The Hall–Kier alpha value is -4.01. The van der Waals surface area contributed by atoms with Gasteiger partial charge in [-0.3, -0.25) is 9.59 Å². The standard InChI is InChI=1S/C21H21N5O4/c1-2-29-19(27)10-11-22-18-9-8-16(14-23-18)26-20(28)15-12-24-21(25-13-15)30-17-6-4-3-5-7-17/h3-9,12-14H,2,10-11H2,1H3,(H,22,23)(H,26,28). The summed E-state index contributed by atoms with van der Waals surface area (Å²) in [6.45, 7) is 2.53. The number of amides is 1. The number of hydrogen-bond donors (Lipinski definition) is 2. The molecule has 0 radical (unpaired) electrons. The number of aromatic nitrogens is 3. The third kappa shape index (κ3) is 6.26. The molecule has 2 aromatic heterocycles. The first kappa shape index (κ1) is 20.7. The minimum Gasteiger partial charge on any atom is -0.466 e. The fraction of sp³-hybridized carbons (Fsp3) is 0.190. The Bertz CT molecular complexity index is 963. The Morgan fingerprint density at radius 1 is 0.967 bits per heavy atom. The van der Waals surface area contributed by atoms with E-state index in [0.29, 0.717) is 30.4 Å². The molecule has 2 heterocycles. The van der Waals surface area contributed by atoms with Crippen molar-refractivity contribution in [2.24, 2.45) is 0 Å². The van der Waals surface area contributed by atoms with Gasteiger partial charge in [-0.15, -0.1) is 0 Å². The Kier molecular flexibility index (Phi) is 7.26. The first-order valence-electron chi connectivity index (χ1n) is 9.36. The van der Waals surface area contributed by atoms with E-state index in [1.54, 1.807) is 31.2 Å². The van der Waals surface area contributed by atoms with Gasteiger partial charge < -0.3 is 20.1 Å². The second-order valence-electron chi connectivity index (χ2n) is 6.04. The molecule has 0 bridgehead atoms. The zero-order valence-corrected chi connectivity index (χ0v) is 16.4. The maximum atomic E-state index is 12.4. The largest absolute Gasteiger partial charge is 0.466 e. The van der Waals surface area contributed by atoms with Crippen LogP contribution < -0.4 is 15.4 Å². The summed E-state index contributed by atoms with van der Waals surface area (Å²) in [6, 6.07) is 12.7. The normalized spacial score (nSPS) is 10.2. The highest BCUT2D eigenvalue weighted by Gasteiger charge is 2.09. The SMILES string of the molecule is CCOC(=O)CCNc1ccc(NC(=O)c2cnc(Oc3ccccc3)nc2)cn1. The highest BCUT2D eigenvalue weighted by atomic mass is 16.5. The van der Waals surface area contributed by atoms with Crippen LogP contribution in [0.3, 0.4) is 0 Å². The molecule has 0 saturated heterocycles. The molecule has 0 aliphatic rings. The van der Waals surface area contributed by atoms with Crippen molar-refractivity contribution in [2.45, 2.75) is 13.3 Å². The zero-order valence-electron chi connectivity index (χ0n) is 16.4. The van der Waals surface area contributed by atoms with E-state index in [-0.39, 0.29) is 29.9 Å². The molecule has 0 fully saturated rings. The predicted octanol–water partition coefficient (Wildman–Crippen LogP) is 3.28. The van der Waals surface area contributed by atoms with Gasteiger partial charge in [-0.05, 0) is 31.2 Å². The second-order valence-corrected chi connectivity index (χ2v) is 6.04. The summed E-state index contributed by atoms with van der Waals surface area (Å²) < 4.78 is 10.4. The van der Waals surface area contributed by atoms with Crippen LogP contribution in [-0.4, -0.2) is 40.0 Å². The van der Waals surface area contributed by atoms with Crippen LogP contribution in [0, 0.1) is 0 Å². The highest BCUT2D eigenvalue weighted by molar-refractivity contribution is 6.03. The van der Waals surface area contributed by atoms with Gasteiger partial charge in [-0.25, -0.2) is 15.0 Å². The lowest BCUT2D eigenvalue weighted by atomic mass is 10.3. The molecule has 0 aliphatic heterocycles. The topological polar surface area (TPSA) is 115 Å². The molecule has 9 heteroatoms. The lowest BCUT2D eigenvalue weighted by Gasteiger charge is -2.08. The van der Waals surface area contributed by atoms with Gasteiger partial charge in [0.1, 0.15) is 11.6 Å². The lowest BCUT2D eigenvalue weighted by molar-refractivity contribution is -0.142. The Morgan fingerprint density at radius 2 is 1.73 bits per heavy atom. The van der Waals surface area contributed by atoms with Crippen LogP contribution in [0.4, 0.5) is 11.5 Å². The average Bonchev–Trinajstić information content (AvgIpc) is 2.76. The first-order chi connectivity index (χ1) is 14.6. The van der Waals surface area contributed by atoms with Crippen molar-refractivity contribution < 1.29 is 19.1 Å². The number of carbonyl (C=O) groups excluding carboxylic acids is 2. The molecule has 1 aromatic carbocycles. The van der Waals surface area contributed by atoms with Crippen molar-refractivity contribution in [1.29, 1.82) is 0 Å². The summed E-state index contributed by atoms with van der Waals surface area (Å²) in [7, 11) is 0. The molecule has 154 valence electrons. The maximum absolute atomic E-state index is 12.4. The van der Waals surface area contributed by atoms with Crippen LogP contribution in [0.1, 0.15) is 23.7 Å². The van der Waals surface area contributed by atoms with Crippen molar-refractivity contribution in [1.82, 2.24) is 15.0 Å². The molecular weight excluding hydrogens is 386 g/mol. The molecule has 3 rings (SSSR count). The first-order valence-corrected chi connectivity index (χ1v) is 9.36. The van der Waals surface area contributed by atoms with Crippen molar-refractivity contribution >= 4 is 23.4 Å². The third-order valence-corrected chi connectivity index (χ3v) is 3.80. The molecule has 0 aliphatic carbocycles. The minimum absolute atomic E-state index is 0.151. The van der Waals surface area contributed by atoms with Gasteiger partial charge in [0.25, 0.3) is 5.91 Å². The molecule has 0 saturated carbocycles. The number of pyridine rings is 1. The van der Waals surface area contributed by atoms with Crippen molar-refractivity contribution in [3.05, 3.63) is 66.6 Å². The summed E-state index contributed by atoms with van der Waals surface area (Å²) in [6.07, 6.45) is 4.54. The summed E-state index contributed by atoms with van der Waals surface area (Å²) in [5.74, 6) is 0.558. The molecular formula is C21H21N5O4. The third-order valence-electron chi connectivity index (χ3n) is 3.80. The minimum atomic E-state index is -0.369. The quantitative estimate of drug-likeness (QED) is 0.519. The van der Waals surface area contributed by atoms with E-state index < -0.39 is 0 Å².